The van der Waals surface area contributed by atoms with Crippen LogP contribution in [0.3, 0.4) is 0 Å². The molecule has 3 rings (SSSR count). The first-order valence-corrected chi connectivity index (χ1v) is 7.28. The molecule has 0 unspecified atom stereocenters. The van der Waals surface area contributed by atoms with Crippen molar-refractivity contribution in [1.29, 1.82) is 0 Å². The Hall–Kier alpha value is -2.87. The van der Waals surface area contributed by atoms with Gasteiger partial charge in [0, 0.05) is 23.6 Å². The summed E-state index contributed by atoms with van der Waals surface area (Å²) in [5.41, 5.74) is 2.76. The third-order valence-electron chi connectivity index (χ3n) is 3.34. The number of amides is 1. The molecule has 3 N–H and O–H groups in total. The fourth-order valence-corrected chi connectivity index (χ4v) is 2.29. The number of H-pyrrole nitrogens is 1. The van der Waals surface area contributed by atoms with Gasteiger partial charge in [-0.3, -0.25) is 4.79 Å². The van der Waals surface area contributed by atoms with E-state index in [9.17, 15) is 4.79 Å². The standard InChI is InChI=1S/C13H12ClN3O.C2H2O4/c14-10-3-1-9(2-4-10)13(18)17-6-5-11-12(7-17)16-8-15-11;3-1(4)2(5)6/h1-4,8H,5-7H2,(H,15,16);(H,3,4)(H,5,6). The third-order valence-corrected chi connectivity index (χ3v) is 3.59. The molecule has 2 aromatic rings. The zero-order valence-electron chi connectivity index (χ0n) is 12.4. The lowest BCUT2D eigenvalue weighted by Crippen LogP contribution is -2.36. The molecule has 0 atom stereocenters. The van der Waals surface area contributed by atoms with Gasteiger partial charge in [0.15, 0.2) is 0 Å². The van der Waals surface area contributed by atoms with E-state index in [4.69, 9.17) is 31.4 Å². The molecule has 0 radical (unpaired) electrons. The number of halogens is 1. The van der Waals surface area contributed by atoms with Crippen molar-refractivity contribution in [2.24, 2.45) is 0 Å². The number of aliphatic carboxylic acids is 2. The van der Waals surface area contributed by atoms with Crippen molar-refractivity contribution < 1.29 is 24.6 Å². The second-order valence-electron chi connectivity index (χ2n) is 4.92. The van der Waals surface area contributed by atoms with Crippen LogP contribution in [0, 0.1) is 0 Å². The number of hydrogen-bond acceptors (Lipinski definition) is 4. The summed E-state index contributed by atoms with van der Waals surface area (Å²) in [5, 5.41) is 15.4. The number of nitrogens with one attached hydrogen (secondary N) is 1. The topological polar surface area (TPSA) is 124 Å². The van der Waals surface area contributed by atoms with Crippen molar-refractivity contribution in [3.63, 3.8) is 0 Å². The lowest BCUT2D eigenvalue weighted by molar-refractivity contribution is -0.159. The van der Waals surface area contributed by atoms with E-state index < -0.39 is 11.9 Å². The van der Waals surface area contributed by atoms with E-state index in [1.807, 2.05) is 4.90 Å². The molecule has 9 heteroatoms. The largest absolute Gasteiger partial charge is 0.473 e. The van der Waals surface area contributed by atoms with Gasteiger partial charge in [0.25, 0.3) is 5.91 Å². The number of fused-ring (bicyclic) bond motifs is 1. The van der Waals surface area contributed by atoms with Gasteiger partial charge < -0.3 is 20.1 Å². The number of benzene rings is 1. The van der Waals surface area contributed by atoms with Gasteiger partial charge in [-0.1, -0.05) is 11.6 Å². The van der Waals surface area contributed by atoms with Gasteiger partial charge in [0.1, 0.15) is 0 Å². The van der Waals surface area contributed by atoms with E-state index in [0.717, 1.165) is 17.8 Å². The van der Waals surface area contributed by atoms with Crippen LogP contribution in [0.25, 0.3) is 0 Å². The molecule has 1 aliphatic rings. The highest BCUT2D eigenvalue weighted by Gasteiger charge is 2.23. The summed E-state index contributed by atoms with van der Waals surface area (Å²) in [5.74, 6) is -3.61. The molecule has 1 aromatic heterocycles. The van der Waals surface area contributed by atoms with Crippen LogP contribution in [0.2, 0.25) is 5.02 Å². The van der Waals surface area contributed by atoms with Gasteiger partial charge in [-0.25, -0.2) is 14.6 Å². The van der Waals surface area contributed by atoms with E-state index in [-0.39, 0.29) is 5.91 Å². The number of nitrogens with zero attached hydrogens (tertiary/aromatic N) is 2. The summed E-state index contributed by atoms with van der Waals surface area (Å²) < 4.78 is 0. The summed E-state index contributed by atoms with van der Waals surface area (Å²) in [6.45, 7) is 1.30. The molecule has 0 saturated carbocycles. The Morgan fingerprint density at radius 3 is 2.33 bits per heavy atom. The zero-order chi connectivity index (χ0) is 17.7. The van der Waals surface area contributed by atoms with Crippen molar-refractivity contribution in [3.8, 4) is 0 Å². The fourth-order valence-electron chi connectivity index (χ4n) is 2.16. The molecule has 0 spiro atoms. The summed E-state index contributed by atoms with van der Waals surface area (Å²) in [6.07, 6.45) is 2.49. The Morgan fingerprint density at radius 2 is 1.75 bits per heavy atom. The number of carboxylic acid groups (broad SMARTS) is 2. The van der Waals surface area contributed by atoms with Crippen molar-refractivity contribution in [3.05, 3.63) is 52.6 Å². The first-order valence-electron chi connectivity index (χ1n) is 6.90. The van der Waals surface area contributed by atoms with Crippen LogP contribution in [-0.4, -0.2) is 49.5 Å². The maximum absolute atomic E-state index is 12.3. The fraction of sp³-hybridized carbons (Fsp3) is 0.200. The number of carbonyl (C=O) groups excluding carboxylic acids is 1. The molecular formula is C15H14ClN3O5. The molecule has 24 heavy (non-hydrogen) atoms. The normalized spacial score (nSPS) is 12.6. The lowest BCUT2D eigenvalue weighted by atomic mass is 10.1. The Bertz CT molecular complexity index is 745. The Kier molecular flexibility index (Phi) is 5.54. The maximum Gasteiger partial charge on any atom is 0.414 e. The van der Waals surface area contributed by atoms with Gasteiger partial charge in [-0.15, -0.1) is 0 Å². The number of carboxylic acids is 2. The predicted octanol–water partition coefficient (Wildman–Crippen LogP) is 1.42. The monoisotopic (exact) mass is 351 g/mol. The van der Waals surface area contributed by atoms with Crippen molar-refractivity contribution >= 4 is 29.4 Å². The number of rotatable bonds is 1. The van der Waals surface area contributed by atoms with E-state index >= 15 is 0 Å². The van der Waals surface area contributed by atoms with Gasteiger partial charge in [0.05, 0.1) is 24.3 Å². The average molecular weight is 352 g/mol. The summed E-state index contributed by atoms with van der Waals surface area (Å²) >= 11 is 5.82. The van der Waals surface area contributed by atoms with Crippen molar-refractivity contribution in [1.82, 2.24) is 14.9 Å². The van der Waals surface area contributed by atoms with Gasteiger partial charge in [-0.05, 0) is 24.3 Å². The van der Waals surface area contributed by atoms with Crippen LogP contribution in [0.15, 0.2) is 30.6 Å². The molecule has 1 aliphatic heterocycles. The summed E-state index contributed by atoms with van der Waals surface area (Å²) in [4.78, 5) is 39.6. The van der Waals surface area contributed by atoms with Crippen molar-refractivity contribution in [2.75, 3.05) is 6.54 Å². The summed E-state index contributed by atoms with van der Waals surface area (Å²) in [7, 11) is 0. The Labute approximate surface area is 141 Å². The molecule has 1 amide bonds. The molecule has 8 nitrogen and oxygen atoms in total. The Morgan fingerprint density at radius 1 is 1.12 bits per heavy atom. The SMILES string of the molecule is O=C(O)C(=O)O.O=C(c1ccc(Cl)cc1)N1CCc2nc[nH]c2C1. The molecule has 2 heterocycles. The van der Waals surface area contributed by atoms with Crippen LogP contribution in [-0.2, 0) is 22.6 Å². The molecule has 0 saturated heterocycles. The first kappa shape index (κ1) is 17.5. The smallest absolute Gasteiger partial charge is 0.414 e. The third kappa shape index (κ3) is 4.32. The lowest BCUT2D eigenvalue weighted by Gasteiger charge is -2.26. The quantitative estimate of drug-likeness (QED) is 0.667. The maximum atomic E-state index is 12.3. The van der Waals surface area contributed by atoms with Crippen LogP contribution in [0.1, 0.15) is 21.7 Å². The number of aromatic amines is 1. The minimum Gasteiger partial charge on any atom is -0.473 e. The van der Waals surface area contributed by atoms with E-state index in [0.29, 0.717) is 23.7 Å². The highest BCUT2D eigenvalue weighted by atomic mass is 35.5. The van der Waals surface area contributed by atoms with Gasteiger partial charge >= 0.3 is 11.9 Å². The van der Waals surface area contributed by atoms with Crippen LogP contribution >= 0.6 is 11.6 Å². The number of imidazole rings is 1. The van der Waals surface area contributed by atoms with Crippen LogP contribution in [0.4, 0.5) is 0 Å². The second kappa shape index (κ2) is 7.60. The molecule has 1 aromatic carbocycles. The second-order valence-corrected chi connectivity index (χ2v) is 5.36. The van der Waals surface area contributed by atoms with E-state index in [2.05, 4.69) is 9.97 Å². The van der Waals surface area contributed by atoms with E-state index in [1.54, 1.807) is 30.6 Å². The minimum absolute atomic E-state index is 0.0342. The highest BCUT2D eigenvalue weighted by Crippen LogP contribution is 2.18. The number of aromatic nitrogens is 2. The summed E-state index contributed by atoms with van der Waals surface area (Å²) in [6, 6.07) is 6.99. The van der Waals surface area contributed by atoms with E-state index in [1.165, 1.54) is 0 Å². The number of hydrogen-bond donors (Lipinski definition) is 3. The minimum atomic E-state index is -1.82. The molecule has 0 aliphatic carbocycles. The van der Waals surface area contributed by atoms with Crippen LogP contribution < -0.4 is 0 Å². The highest BCUT2D eigenvalue weighted by molar-refractivity contribution is 6.30. The molecular weight excluding hydrogens is 338 g/mol. The molecule has 0 fully saturated rings. The van der Waals surface area contributed by atoms with Gasteiger partial charge in [-0.2, -0.15) is 0 Å². The predicted molar refractivity (Wildman–Crippen MR) is 83.8 cm³/mol. The average Bonchev–Trinajstić information content (AvgIpc) is 3.03. The Balaban J connectivity index is 0.000000301. The number of carbonyl (C=O) groups is 3. The zero-order valence-corrected chi connectivity index (χ0v) is 13.2. The van der Waals surface area contributed by atoms with Gasteiger partial charge in [0.2, 0.25) is 0 Å². The first-order chi connectivity index (χ1) is 11.4. The molecule has 0 bridgehead atoms. The van der Waals surface area contributed by atoms with Crippen molar-refractivity contribution in [2.45, 2.75) is 13.0 Å². The van der Waals surface area contributed by atoms with Crippen LogP contribution in [0.5, 0.6) is 0 Å². The molecule has 126 valence electrons.